The molecule has 0 radical (unpaired) electrons. The minimum absolute atomic E-state index is 0.105. The molecule has 1 unspecified atom stereocenters. The Morgan fingerprint density at radius 2 is 1.70 bits per heavy atom. The van der Waals surface area contributed by atoms with Crippen molar-refractivity contribution in [3.63, 3.8) is 0 Å². The highest BCUT2D eigenvalue weighted by molar-refractivity contribution is 6.30. The molecule has 0 saturated carbocycles. The van der Waals surface area contributed by atoms with Crippen LogP contribution in [0.5, 0.6) is 0 Å². The van der Waals surface area contributed by atoms with E-state index in [2.05, 4.69) is 56.8 Å². The topological polar surface area (TPSA) is 37.8 Å². The van der Waals surface area contributed by atoms with E-state index in [4.69, 9.17) is 11.6 Å². The summed E-state index contributed by atoms with van der Waals surface area (Å²) in [6, 6.07) is 0.377. The summed E-state index contributed by atoms with van der Waals surface area (Å²) < 4.78 is 0. The number of hydrogen-bond donors (Lipinski definition) is 1. The third-order valence-corrected chi connectivity index (χ3v) is 4.25. The molecule has 1 N–H and O–H groups in total. The molecule has 0 aliphatic rings. The van der Waals surface area contributed by atoms with Crippen molar-refractivity contribution in [1.82, 2.24) is 9.97 Å². The van der Waals surface area contributed by atoms with Gasteiger partial charge >= 0.3 is 0 Å². The molecule has 0 amide bonds. The second-order valence-corrected chi connectivity index (χ2v) is 6.93. The maximum absolute atomic E-state index is 6.26. The van der Waals surface area contributed by atoms with Gasteiger partial charge in [0.05, 0.1) is 0 Å². The second-order valence-electron chi connectivity index (χ2n) is 6.57. The van der Waals surface area contributed by atoms with E-state index in [1.54, 1.807) is 0 Å². The lowest BCUT2D eigenvalue weighted by Gasteiger charge is -2.25. The molecule has 1 rings (SSSR count). The Morgan fingerprint density at radius 3 is 2.15 bits per heavy atom. The van der Waals surface area contributed by atoms with Crippen LogP contribution in [0.4, 0.5) is 5.82 Å². The van der Waals surface area contributed by atoms with Crippen molar-refractivity contribution < 1.29 is 0 Å². The SMILES string of the molecule is CCC(CC)C(C)Nc1nc(C(C)(C)C)nc(Cl)c1C. The summed E-state index contributed by atoms with van der Waals surface area (Å²) >= 11 is 6.26. The lowest BCUT2D eigenvalue weighted by Crippen LogP contribution is -2.27. The monoisotopic (exact) mass is 297 g/mol. The van der Waals surface area contributed by atoms with Crippen LogP contribution in [0, 0.1) is 12.8 Å². The third-order valence-electron chi connectivity index (χ3n) is 3.88. The van der Waals surface area contributed by atoms with E-state index in [9.17, 15) is 0 Å². The minimum atomic E-state index is -0.105. The molecule has 0 bridgehead atoms. The molecule has 1 atom stereocenters. The summed E-state index contributed by atoms with van der Waals surface area (Å²) in [4.78, 5) is 9.10. The number of hydrogen-bond acceptors (Lipinski definition) is 3. The van der Waals surface area contributed by atoms with Crippen molar-refractivity contribution in [2.75, 3.05) is 5.32 Å². The second kappa shape index (κ2) is 6.75. The van der Waals surface area contributed by atoms with Crippen LogP contribution in [-0.2, 0) is 5.41 Å². The normalized spacial score (nSPS) is 13.7. The molecule has 20 heavy (non-hydrogen) atoms. The maximum atomic E-state index is 6.26. The van der Waals surface area contributed by atoms with Crippen LogP contribution in [0.25, 0.3) is 0 Å². The van der Waals surface area contributed by atoms with Crippen molar-refractivity contribution >= 4 is 17.4 Å². The molecule has 114 valence electrons. The van der Waals surface area contributed by atoms with E-state index in [1.165, 1.54) is 0 Å². The van der Waals surface area contributed by atoms with Gasteiger partial charge in [0, 0.05) is 17.0 Å². The lowest BCUT2D eigenvalue weighted by molar-refractivity contribution is 0.436. The summed E-state index contributed by atoms with van der Waals surface area (Å²) in [6.45, 7) is 14.9. The van der Waals surface area contributed by atoms with Crippen LogP contribution < -0.4 is 5.32 Å². The Bertz CT molecular complexity index is 448. The van der Waals surface area contributed by atoms with Crippen molar-refractivity contribution in [3.05, 3.63) is 16.5 Å². The van der Waals surface area contributed by atoms with Gasteiger partial charge in [0.1, 0.15) is 16.8 Å². The standard InChI is InChI=1S/C16H28ClN3/c1-8-12(9-2)11(4)18-14-10(3)13(17)19-15(20-14)16(5,6)7/h11-12H,8-9H2,1-7H3,(H,18,19,20). The van der Waals surface area contributed by atoms with Crippen LogP contribution in [0.1, 0.15) is 65.8 Å². The van der Waals surface area contributed by atoms with Crippen LogP contribution >= 0.6 is 11.6 Å². The Labute approximate surface area is 128 Å². The highest BCUT2D eigenvalue weighted by Gasteiger charge is 2.22. The zero-order chi connectivity index (χ0) is 15.5. The quantitative estimate of drug-likeness (QED) is 0.780. The van der Waals surface area contributed by atoms with E-state index in [0.29, 0.717) is 17.1 Å². The number of aromatic nitrogens is 2. The fourth-order valence-corrected chi connectivity index (χ4v) is 2.46. The van der Waals surface area contributed by atoms with Crippen LogP contribution in [-0.4, -0.2) is 16.0 Å². The Morgan fingerprint density at radius 1 is 1.15 bits per heavy atom. The van der Waals surface area contributed by atoms with Gasteiger partial charge in [-0.25, -0.2) is 9.97 Å². The molecule has 1 aromatic rings. The summed E-state index contributed by atoms with van der Waals surface area (Å²) in [5.74, 6) is 2.29. The molecule has 0 aromatic carbocycles. The molecule has 0 aliphatic carbocycles. The first-order chi connectivity index (χ1) is 9.20. The molecule has 0 spiro atoms. The van der Waals surface area contributed by atoms with Gasteiger partial charge in [-0.05, 0) is 19.8 Å². The molecule has 4 heteroatoms. The molecule has 1 heterocycles. The van der Waals surface area contributed by atoms with Gasteiger partial charge < -0.3 is 5.32 Å². The molecular formula is C16H28ClN3. The van der Waals surface area contributed by atoms with E-state index in [-0.39, 0.29) is 5.41 Å². The Kier molecular flexibility index (Phi) is 5.81. The lowest BCUT2D eigenvalue weighted by atomic mass is 9.95. The third kappa shape index (κ3) is 4.08. The molecule has 0 fully saturated rings. The van der Waals surface area contributed by atoms with Crippen molar-refractivity contribution in [3.8, 4) is 0 Å². The van der Waals surface area contributed by atoms with Crippen LogP contribution in [0.15, 0.2) is 0 Å². The first kappa shape index (κ1) is 17.2. The Balaban J connectivity index is 3.08. The first-order valence-corrected chi connectivity index (χ1v) is 7.89. The fraction of sp³-hybridized carbons (Fsp3) is 0.750. The number of nitrogens with zero attached hydrogens (tertiary/aromatic N) is 2. The fourth-order valence-electron chi connectivity index (χ4n) is 2.29. The Hall–Kier alpha value is -0.830. The van der Waals surface area contributed by atoms with Crippen molar-refractivity contribution in [2.45, 2.75) is 72.8 Å². The smallest absolute Gasteiger partial charge is 0.137 e. The number of anilines is 1. The number of halogens is 1. The molecular weight excluding hydrogens is 270 g/mol. The minimum Gasteiger partial charge on any atom is -0.367 e. The number of nitrogens with one attached hydrogen (secondary N) is 1. The summed E-state index contributed by atoms with van der Waals surface area (Å²) in [6.07, 6.45) is 2.32. The highest BCUT2D eigenvalue weighted by atomic mass is 35.5. The van der Waals surface area contributed by atoms with Crippen LogP contribution in [0.3, 0.4) is 0 Å². The van der Waals surface area contributed by atoms with Gasteiger partial charge in [-0.2, -0.15) is 0 Å². The maximum Gasteiger partial charge on any atom is 0.137 e. The van der Waals surface area contributed by atoms with Gasteiger partial charge in [-0.15, -0.1) is 0 Å². The predicted octanol–water partition coefficient (Wildman–Crippen LogP) is 4.97. The average molecular weight is 298 g/mol. The van der Waals surface area contributed by atoms with E-state index in [1.807, 2.05) is 6.92 Å². The van der Waals surface area contributed by atoms with Gasteiger partial charge in [0.2, 0.25) is 0 Å². The largest absolute Gasteiger partial charge is 0.367 e. The molecule has 1 aromatic heterocycles. The van der Waals surface area contributed by atoms with E-state index >= 15 is 0 Å². The van der Waals surface area contributed by atoms with Gasteiger partial charge in [0.15, 0.2) is 0 Å². The van der Waals surface area contributed by atoms with Gasteiger partial charge in [-0.3, -0.25) is 0 Å². The van der Waals surface area contributed by atoms with Gasteiger partial charge in [-0.1, -0.05) is 59.1 Å². The average Bonchev–Trinajstić information content (AvgIpc) is 2.34. The summed E-state index contributed by atoms with van der Waals surface area (Å²) in [5.41, 5.74) is 0.823. The molecule has 3 nitrogen and oxygen atoms in total. The van der Waals surface area contributed by atoms with E-state index < -0.39 is 0 Å². The zero-order valence-corrected chi connectivity index (χ0v) is 14.6. The number of rotatable bonds is 5. The summed E-state index contributed by atoms with van der Waals surface area (Å²) in [7, 11) is 0. The molecule has 0 saturated heterocycles. The molecule has 0 aliphatic heterocycles. The van der Waals surface area contributed by atoms with E-state index in [0.717, 1.165) is 30.0 Å². The van der Waals surface area contributed by atoms with Crippen molar-refractivity contribution in [1.29, 1.82) is 0 Å². The van der Waals surface area contributed by atoms with Crippen LogP contribution in [0.2, 0.25) is 5.15 Å². The first-order valence-electron chi connectivity index (χ1n) is 7.51. The van der Waals surface area contributed by atoms with Crippen molar-refractivity contribution in [2.24, 2.45) is 5.92 Å². The highest BCUT2D eigenvalue weighted by Crippen LogP contribution is 2.27. The zero-order valence-electron chi connectivity index (χ0n) is 13.8. The van der Waals surface area contributed by atoms with Gasteiger partial charge in [0.25, 0.3) is 0 Å². The summed E-state index contributed by atoms with van der Waals surface area (Å²) in [5, 5.41) is 4.08. The predicted molar refractivity (Wildman–Crippen MR) is 87.6 cm³/mol.